The number of carbonyl (C=O) groups is 1. The predicted molar refractivity (Wildman–Crippen MR) is 95.5 cm³/mol. The number of carboxylic acid groups (broad SMARTS) is 1. The maximum absolute atomic E-state index is 11.0. The second-order valence-corrected chi connectivity index (χ2v) is 5.72. The van der Waals surface area contributed by atoms with Crippen molar-refractivity contribution < 1.29 is 9.90 Å². The van der Waals surface area contributed by atoms with Crippen LogP contribution in [-0.2, 0) is 0 Å². The number of hydrogen-bond acceptors (Lipinski definition) is 4. The summed E-state index contributed by atoms with van der Waals surface area (Å²) >= 11 is 0. The van der Waals surface area contributed by atoms with Crippen molar-refractivity contribution in [2.45, 2.75) is 0 Å². The van der Waals surface area contributed by atoms with Crippen LogP contribution in [0.5, 0.6) is 0 Å². The minimum Gasteiger partial charge on any atom is -0.478 e. The number of aromatic carboxylic acids is 1. The van der Waals surface area contributed by atoms with E-state index in [1.165, 1.54) is 0 Å². The van der Waals surface area contributed by atoms with E-state index in [2.05, 4.69) is 16.0 Å². The van der Waals surface area contributed by atoms with Crippen molar-refractivity contribution in [1.82, 2.24) is 14.4 Å². The quantitative estimate of drug-likeness (QED) is 0.615. The van der Waals surface area contributed by atoms with Gasteiger partial charge in [-0.1, -0.05) is 24.3 Å². The zero-order valence-corrected chi connectivity index (χ0v) is 13.5. The molecule has 2 heterocycles. The van der Waals surface area contributed by atoms with Gasteiger partial charge in [-0.15, -0.1) is 0 Å². The summed E-state index contributed by atoms with van der Waals surface area (Å²) in [4.78, 5) is 19.8. The maximum Gasteiger partial charge on any atom is 0.335 e. The number of nitriles is 1. The van der Waals surface area contributed by atoms with Crippen molar-refractivity contribution in [3.63, 3.8) is 0 Å². The highest BCUT2D eigenvalue weighted by Crippen LogP contribution is 2.24. The van der Waals surface area contributed by atoms with E-state index in [9.17, 15) is 4.79 Å². The van der Waals surface area contributed by atoms with Gasteiger partial charge >= 0.3 is 5.97 Å². The molecular formula is C20H12N4O2. The van der Waals surface area contributed by atoms with Gasteiger partial charge in [-0.05, 0) is 24.3 Å². The van der Waals surface area contributed by atoms with Crippen molar-refractivity contribution in [3.05, 3.63) is 78.2 Å². The number of nitrogens with zero attached hydrogens (tertiary/aromatic N) is 4. The van der Waals surface area contributed by atoms with Gasteiger partial charge in [0.2, 0.25) is 0 Å². The van der Waals surface area contributed by atoms with E-state index in [1.54, 1.807) is 48.8 Å². The first-order valence-electron chi connectivity index (χ1n) is 7.83. The summed E-state index contributed by atoms with van der Waals surface area (Å²) in [5.74, 6) is -0.960. The minimum absolute atomic E-state index is 0.232. The minimum atomic E-state index is -0.960. The lowest BCUT2D eigenvalue weighted by atomic mass is 10.1. The molecular weight excluding hydrogens is 328 g/mol. The molecule has 0 aliphatic rings. The molecule has 1 N–H and O–H groups in total. The molecule has 124 valence electrons. The summed E-state index contributed by atoms with van der Waals surface area (Å²) in [6.45, 7) is 0. The Morgan fingerprint density at radius 3 is 2.31 bits per heavy atom. The molecule has 0 spiro atoms. The zero-order chi connectivity index (χ0) is 18.1. The number of imidazole rings is 1. The Balaban J connectivity index is 1.79. The van der Waals surface area contributed by atoms with Crippen LogP contribution in [0.4, 0.5) is 0 Å². The summed E-state index contributed by atoms with van der Waals surface area (Å²) in [5.41, 5.74) is 4.89. The molecule has 0 atom stereocenters. The van der Waals surface area contributed by atoms with Crippen LogP contribution in [-0.4, -0.2) is 25.4 Å². The third kappa shape index (κ3) is 2.68. The van der Waals surface area contributed by atoms with Crippen molar-refractivity contribution in [3.8, 4) is 28.6 Å². The number of hydrogen-bond donors (Lipinski definition) is 1. The molecule has 4 rings (SSSR count). The second-order valence-electron chi connectivity index (χ2n) is 5.72. The zero-order valence-electron chi connectivity index (χ0n) is 13.5. The van der Waals surface area contributed by atoms with E-state index in [0.717, 1.165) is 16.8 Å². The molecule has 0 saturated carbocycles. The Bertz CT molecular complexity index is 1150. The Hall–Kier alpha value is -3.98. The molecule has 2 aromatic carbocycles. The molecule has 0 aliphatic carbocycles. The number of benzene rings is 2. The highest BCUT2D eigenvalue weighted by molar-refractivity contribution is 5.88. The Morgan fingerprint density at radius 1 is 0.962 bits per heavy atom. The normalized spacial score (nSPS) is 10.6. The lowest BCUT2D eigenvalue weighted by molar-refractivity contribution is 0.0697. The average Bonchev–Trinajstić information content (AvgIpc) is 3.11. The lowest BCUT2D eigenvalue weighted by Gasteiger charge is -2.06. The Labute approximate surface area is 148 Å². The fraction of sp³-hybridized carbons (Fsp3) is 0. The molecule has 2 aromatic heterocycles. The van der Waals surface area contributed by atoms with E-state index in [-0.39, 0.29) is 5.56 Å². The van der Waals surface area contributed by atoms with Crippen LogP contribution in [0.1, 0.15) is 15.9 Å². The van der Waals surface area contributed by atoms with Crippen LogP contribution in [0.3, 0.4) is 0 Å². The van der Waals surface area contributed by atoms with Gasteiger partial charge in [-0.3, -0.25) is 9.38 Å². The molecule has 0 radical (unpaired) electrons. The number of carboxylic acids is 1. The average molecular weight is 340 g/mol. The van der Waals surface area contributed by atoms with E-state index in [4.69, 9.17) is 10.4 Å². The van der Waals surface area contributed by atoms with Crippen LogP contribution in [0, 0.1) is 11.3 Å². The Kier molecular flexibility index (Phi) is 3.67. The van der Waals surface area contributed by atoms with Gasteiger partial charge in [0.05, 0.1) is 41.0 Å². The van der Waals surface area contributed by atoms with Gasteiger partial charge in [-0.25, -0.2) is 9.78 Å². The summed E-state index contributed by atoms with van der Waals surface area (Å²) in [6.07, 6.45) is 5.30. The molecule has 0 unspecified atom stereocenters. The van der Waals surface area contributed by atoms with Gasteiger partial charge in [0, 0.05) is 17.3 Å². The fourth-order valence-electron chi connectivity index (χ4n) is 2.75. The van der Waals surface area contributed by atoms with Crippen LogP contribution >= 0.6 is 0 Å². The molecule has 6 nitrogen and oxygen atoms in total. The van der Waals surface area contributed by atoms with Gasteiger partial charge in [0.25, 0.3) is 0 Å². The first-order chi connectivity index (χ1) is 12.7. The van der Waals surface area contributed by atoms with Crippen LogP contribution in [0.2, 0.25) is 0 Å². The smallest absolute Gasteiger partial charge is 0.335 e. The van der Waals surface area contributed by atoms with Crippen molar-refractivity contribution in [2.24, 2.45) is 0 Å². The van der Waals surface area contributed by atoms with Gasteiger partial charge in [0.1, 0.15) is 0 Å². The predicted octanol–water partition coefficient (Wildman–Crippen LogP) is 3.63. The highest BCUT2D eigenvalue weighted by Gasteiger charge is 2.09. The van der Waals surface area contributed by atoms with E-state index >= 15 is 0 Å². The molecule has 4 aromatic rings. The van der Waals surface area contributed by atoms with Gasteiger partial charge < -0.3 is 5.11 Å². The van der Waals surface area contributed by atoms with Gasteiger partial charge in [0.15, 0.2) is 5.65 Å². The second kappa shape index (κ2) is 6.15. The largest absolute Gasteiger partial charge is 0.478 e. The monoisotopic (exact) mass is 340 g/mol. The molecule has 0 saturated heterocycles. The van der Waals surface area contributed by atoms with E-state index < -0.39 is 5.97 Å². The first kappa shape index (κ1) is 15.5. The fourth-order valence-corrected chi connectivity index (χ4v) is 2.75. The third-order valence-electron chi connectivity index (χ3n) is 4.13. The topological polar surface area (TPSA) is 91.3 Å². The van der Waals surface area contributed by atoms with Crippen molar-refractivity contribution in [1.29, 1.82) is 5.26 Å². The van der Waals surface area contributed by atoms with Crippen molar-refractivity contribution in [2.75, 3.05) is 0 Å². The molecule has 26 heavy (non-hydrogen) atoms. The standard InChI is InChI=1S/C20H12N4O2/c21-9-13-1-3-15(4-2-13)18-10-23-19-11-22-17(12-24(18)19)14-5-7-16(8-6-14)20(25)26/h1-8,10-12H,(H,25,26). The number of fused-ring (bicyclic) bond motifs is 1. The van der Waals surface area contributed by atoms with Crippen LogP contribution in [0.25, 0.3) is 28.2 Å². The molecule has 0 amide bonds. The SMILES string of the molecule is N#Cc1ccc(-c2cnc3cnc(-c4ccc(C(=O)O)cc4)cn23)cc1. The Morgan fingerprint density at radius 2 is 1.65 bits per heavy atom. The summed E-state index contributed by atoms with van der Waals surface area (Å²) in [5, 5.41) is 17.9. The molecule has 6 heteroatoms. The molecule has 0 fully saturated rings. The lowest BCUT2D eigenvalue weighted by Crippen LogP contribution is -1.96. The number of aromatic nitrogens is 3. The molecule has 0 aliphatic heterocycles. The first-order valence-corrected chi connectivity index (χ1v) is 7.83. The summed E-state index contributed by atoms with van der Waals surface area (Å²) in [7, 11) is 0. The van der Waals surface area contributed by atoms with Crippen LogP contribution < -0.4 is 0 Å². The maximum atomic E-state index is 11.0. The van der Waals surface area contributed by atoms with E-state index in [0.29, 0.717) is 16.9 Å². The highest BCUT2D eigenvalue weighted by atomic mass is 16.4. The van der Waals surface area contributed by atoms with E-state index in [1.807, 2.05) is 22.7 Å². The number of rotatable bonds is 3. The summed E-state index contributed by atoms with van der Waals surface area (Å²) < 4.78 is 1.93. The van der Waals surface area contributed by atoms with Crippen molar-refractivity contribution >= 4 is 11.6 Å². The van der Waals surface area contributed by atoms with Gasteiger partial charge in [-0.2, -0.15) is 5.26 Å². The summed E-state index contributed by atoms with van der Waals surface area (Å²) in [6, 6.07) is 16.0. The third-order valence-corrected chi connectivity index (χ3v) is 4.13. The van der Waals surface area contributed by atoms with Crippen LogP contribution in [0.15, 0.2) is 67.1 Å². The molecule has 0 bridgehead atoms.